The van der Waals surface area contributed by atoms with Crippen LogP contribution in [0, 0.1) is 11.8 Å². The molecule has 1 N–H and O–H groups in total. The van der Waals surface area contributed by atoms with Gasteiger partial charge in [0.05, 0.1) is 12.2 Å². The second-order valence-corrected chi connectivity index (χ2v) is 10.0. The summed E-state index contributed by atoms with van der Waals surface area (Å²) < 4.78 is 69.6. The third-order valence-electron chi connectivity index (χ3n) is 5.49. The van der Waals surface area contributed by atoms with Gasteiger partial charge >= 0.3 is 6.36 Å². The predicted octanol–water partition coefficient (Wildman–Crippen LogP) is 3.23. The molecule has 32 heavy (non-hydrogen) atoms. The highest BCUT2D eigenvalue weighted by Gasteiger charge is 2.35. The first-order chi connectivity index (χ1) is 15.1. The summed E-state index contributed by atoms with van der Waals surface area (Å²) in [5.74, 6) is -0.796. The van der Waals surface area contributed by atoms with E-state index in [2.05, 4.69) is 15.0 Å². The van der Waals surface area contributed by atoms with Crippen LogP contribution < -0.4 is 10.1 Å². The number of sulfonamides is 1. The Balaban J connectivity index is 1.37. The van der Waals surface area contributed by atoms with Crippen molar-refractivity contribution in [3.05, 3.63) is 36.8 Å². The van der Waals surface area contributed by atoms with Gasteiger partial charge in [-0.25, -0.2) is 13.4 Å². The quantitative estimate of drug-likeness (QED) is 0.668. The molecule has 2 heterocycles. The smallest absolute Gasteiger partial charge is 0.406 e. The lowest BCUT2D eigenvalue weighted by Crippen LogP contribution is -2.43. The van der Waals surface area contributed by atoms with Crippen molar-refractivity contribution in [3.63, 3.8) is 0 Å². The maximum Gasteiger partial charge on any atom is 0.573 e. The van der Waals surface area contributed by atoms with Crippen molar-refractivity contribution in [2.75, 3.05) is 18.4 Å². The lowest BCUT2D eigenvalue weighted by molar-refractivity contribution is -0.274. The molecular formula is C20H23F3N4O4S. The van der Waals surface area contributed by atoms with E-state index in [9.17, 15) is 26.4 Å². The minimum atomic E-state index is -4.80. The maximum atomic E-state index is 13.0. The van der Waals surface area contributed by atoms with Gasteiger partial charge in [-0.1, -0.05) is 0 Å². The van der Waals surface area contributed by atoms with Gasteiger partial charge in [0.15, 0.2) is 5.03 Å². The van der Waals surface area contributed by atoms with Crippen molar-refractivity contribution in [1.29, 1.82) is 0 Å². The van der Waals surface area contributed by atoms with E-state index in [0.29, 0.717) is 31.0 Å². The number of hydrogen-bond acceptors (Lipinski definition) is 5. The van der Waals surface area contributed by atoms with Gasteiger partial charge in [0, 0.05) is 31.5 Å². The van der Waals surface area contributed by atoms with E-state index in [-0.39, 0.29) is 11.6 Å². The molecule has 0 radical (unpaired) electrons. The Bertz CT molecular complexity index is 1070. The van der Waals surface area contributed by atoms with Crippen LogP contribution in [-0.4, -0.2) is 47.6 Å². The van der Waals surface area contributed by atoms with Crippen LogP contribution >= 0.6 is 0 Å². The van der Waals surface area contributed by atoms with E-state index in [1.807, 2.05) is 0 Å². The number of imidazole rings is 1. The molecule has 0 spiro atoms. The van der Waals surface area contributed by atoms with Crippen molar-refractivity contribution < 1.29 is 31.1 Å². The van der Waals surface area contributed by atoms with Crippen LogP contribution in [0.5, 0.6) is 5.75 Å². The molecule has 1 aromatic carbocycles. The van der Waals surface area contributed by atoms with Crippen LogP contribution in [0.15, 0.2) is 41.8 Å². The Hall–Kier alpha value is -2.60. The number of halogens is 3. The number of nitrogens with one attached hydrogen (secondary N) is 1. The van der Waals surface area contributed by atoms with Crippen molar-refractivity contribution in [3.8, 4) is 5.75 Å². The van der Waals surface area contributed by atoms with Crippen LogP contribution in [0.4, 0.5) is 18.9 Å². The van der Waals surface area contributed by atoms with E-state index in [1.165, 1.54) is 29.0 Å². The van der Waals surface area contributed by atoms with Gasteiger partial charge in [0.2, 0.25) is 5.91 Å². The fourth-order valence-corrected chi connectivity index (χ4v) is 5.12. The fraction of sp³-hybridized carbons (Fsp3) is 0.500. The molecule has 12 heteroatoms. The molecule has 2 aliphatic rings. The fourth-order valence-electron chi connectivity index (χ4n) is 3.66. The third-order valence-corrected chi connectivity index (χ3v) is 7.24. The lowest BCUT2D eigenvalue weighted by atomic mass is 9.99. The molecule has 2 fully saturated rings. The zero-order chi connectivity index (χ0) is 22.9. The summed E-state index contributed by atoms with van der Waals surface area (Å²) in [6.07, 6.45) is 1.55. The van der Waals surface area contributed by atoms with E-state index >= 15 is 0 Å². The van der Waals surface area contributed by atoms with Gasteiger partial charge in [0.25, 0.3) is 10.0 Å². The van der Waals surface area contributed by atoms with Crippen LogP contribution in [0.25, 0.3) is 0 Å². The number of carbonyl (C=O) groups is 1. The summed E-state index contributed by atoms with van der Waals surface area (Å²) in [4.78, 5) is 16.7. The van der Waals surface area contributed by atoms with E-state index in [0.717, 1.165) is 31.5 Å². The number of carbonyl (C=O) groups excluding carboxylic acids is 1. The highest BCUT2D eigenvalue weighted by atomic mass is 32.2. The molecule has 1 atom stereocenters. The SMILES string of the molecule is O=C(Nc1ccc(OC(F)(F)F)cc1)[C@@H]1CCCN(S(=O)(=O)c2cn(CC3CC3)cn2)C1. The number of piperidine rings is 1. The Kier molecular flexibility index (Phi) is 6.17. The second-order valence-electron chi connectivity index (χ2n) is 8.12. The zero-order valence-electron chi connectivity index (χ0n) is 17.1. The Morgan fingerprint density at radius 2 is 1.91 bits per heavy atom. The number of anilines is 1. The highest BCUT2D eigenvalue weighted by Crippen LogP contribution is 2.31. The van der Waals surface area contributed by atoms with Gasteiger partial charge in [-0.2, -0.15) is 4.31 Å². The minimum absolute atomic E-state index is 0.0128. The Morgan fingerprint density at radius 1 is 1.19 bits per heavy atom. The van der Waals surface area contributed by atoms with Crippen LogP contribution in [0.1, 0.15) is 25.7 Å². The summed E-state index contributed by atoms with van der Waals surface area (Å²) in [5.41, 5.74) is 0.295. The molecule has 1 saturated carbocycles. The molecule has 8 nitrogen and oxygen atoms in total. The molecule has 4 rings (SSSR count). The average Bonchev–Trinajstić information content (AvgIpc) is 3.42. The maximum absolute atomic E-state index is 13.0. The van der Waals surface area contributed by atoms with Gasteiger partial charge in [0.1, 0.15) is 5.75 Å². The number of hydrogen-bond donors (Lipinski definition) is 1. The lowest BCUT2D eigenvalue weighted by Gasteiger charge is -2.30. The summed E-state index contributed by atoms with van der Waals surface area (Å²) in [6, 6.07) is 4.78. The second kappa shape index (κ2) is 8.74. The minimum Gasteiger partial charge on any atom is -0.406 e. The van der Waals surface area contributed by atoms with Crippen molar-refractivity contribution in [1.82, 2.24) is 13.9 Å². The Morgan fingerprint density at radius 3 is 2.56 bits per heavy atom. The van der Waals surface area contributed by atoms with Crippen LogP contribution in [0.2, 0.25) is 0 Å². The number of aromatic nitrogens is 2. The topological polar surface area (TPSA) is 93.5 Å². The molecule has 1 aromatic heterocycles. The zero-order valence-corrected chi connectivity index (χ0v) is 17.9. The predicted molar refractivity (Wildman–Crippen MR) is 108 cm³/mol. The highest BCUT2D eigenvalue weighted by molar-refractivity contribution is 7.89. The average molecular weight is 472 g/mol. The number of rotatable bonds is 7. The van der Waals surface area contributed by atoms with Crippen LogP contribution in [0.3, 0.4) is 0 Å². The van der Waals surface area contributed by atoms with Crippen LogP contribution in [-0.2, 0) is 21.4 Å². The number of amides is 1. The summed E-state index contributed by atoms with van der Waals surface area (Å²) in [6.45, 7) is 1.06. The van der Waals surface area contributed by atoms with Crippen molar-refractivity contribution in [2.45, 2.75) is 43.6 Å². The molecule has 1 aliphatic carbocycles. The largest absolute Gasteiger partial charge is 0.573 e. The summed E-state index contributed by atoms with van der Waals surface area (Å²) >= 11 is 0. The standard InChI is InChI=1S/C20H23F3N4O4S/c21-20(22,23)31-17-7-5-16(6-8-17)25-19(28)15-2-1-9-27(11-15)32(29,30)18-12-26(13-24-18)10-14-3-4-14/h5-8,12-15H,1-4,9-11H2,(H,25,28)/t15-/m1/s1. The third kappa shape index (κ3) is 5.60. The summed E-state index contributed by atoms with van der Waals surface area (Å²) in [5, 5.41) is 2.60. The Labute approximate surface area is 183 Å². The molecule has 1 saturated heterocycles. The molecule has 174 valence electrons. The molecule has 0 bridgehead atoms. The first-order valence-corrected chi connectivity index (χ1v) is 11.7. The van der Waals surface area contributed by atoms with E-state index < -0.39 is 34.0 Å². The van der Waals surface area contributed by atoms with E-state index in [1.54, 1.807) is 4.57 Å². The normalized spacial score (nSPS) is 20.2. The van der Waals surface area contributed by atoms with E-state index in [4.69, 9.17) is 0 Å². The molecule has 0 unspecified atom stereocenters. The van der Waals surface area contributed by atoms with Crippen molar-refractivity contribution >= 4 is 21.6 Å². The molecule has 2 aromatic rings. The monoisotopic (exact) mass is 472 g/mol. The van der Waals surface area contributed by atoms with Gasteiger partial charge in [-0.05, 0) is 55.9 Å². The molecule has 1 amide bonds. The van der Waals surface area contributed by atoms with Gasteiger partial charge < -0.3 is 14.6 Å². The molecular weight excluding hydrogens is 449 g/mol. The van der Waals surface area contributed by atoms with Crippen molar-refractivity contribution in [2.24, 2.45) is 11.8 Å². The number of benzene rings is 1. The number of alkyl halides is 3. The first kappa shape index (κ1) is 22.6. The van der Waals surface area contributed by atoms with Gasteiger partial charge in [-0.15, -0.1) is 13.2 Å². The number of ether oxygens (including phenoxy) is 1. The molecule has 1 aliphatic heterocycles. The number of nitrogens with zero attached hydrogens (tertiary/aromatic N) is 3. The summed E-state index contributed by atoms with van der Waals surface area (Å²) in [7, 11) is -3.82. The first-order valence-electron chi connectivity index (χ1n) is 10.3. The van der Waals surface area contributed by atoms with Gasteiger partial charge in [-0.3, -0.25) is 4.79 Å².